The quantitative estimate of drug-likeness (QED) is 0.460. The van der Waals surface area contributed by atoms with Crippen molar-refractivity contribution < 1.29 is 0 Å². The molecule has 3 N–H and O–H groups in total. The molecule has 0 amide bonds. The molecule has 0 aromatic heterocycles. The van der Waals surface area contributed by atoms with E-state index in [2.05, 4.69) is 30.2 Å². The minimum Gasteiger partial charge on any atom is -0.271 e. The Morgan fingerprint density at radius 2 is 2.12 bits per heavy atom. The number of hydrazine groups is 1. The molecule has 0 bridgehead atoms. The van der Waals surface area contributed by atoms with Crippen molar-refractivity contribution in [2.24, 2.45) is 5.84 Å². The number of allylic oxidation sites excluding steroid dienone is 1. The van der Waals surface area contributed by atoms with Gasteiger partial charge in [0.15, 0.2) is 0 Å². The van der Waals surface area contributed by atoms with Crippen LogP contribution in [0.15, 0.2) is 11.6 Å². The molecule has 0 aromatic carbocycles. The van der Waals surface area contributed by atoms with Gasteiger partial charge >= 0.3 is 0 Å². The van der Waals surface area contributed by atoms with Crippen molar-refractivity contribution in [1.29, 1.82) is 0 Å². The van der Waals surface area contributed by atoms with Crippen LogP contribution in [-0.4, -0.2) is 16.5 Å². The second kappa shape index (κ2) is 6.26. The molecule has 2 rings (SSSR count). The molecule has 2 atom stereocenters. The highest BCUT2D eigenvalue weighted by Crippen LogP contribution is 2.43. The summed E-state index contributed by atoms with van der Waals surface area (Å²) in [5.41, 5.74) is 4.69. The van der Waals surface area contributed by atoms with Crippen molar-refractivity contribution in [3.05, 3.63) is 11.6 Å². The second-order valence-electron chi connectivity index (χ2n) is 5.60. The Morgan fingerprint density at radius 3 is 2.82 bits per heavy atom. The van der Waals surface area contributed by atoms with Gasteiger partial charge in [0.2, 0.25) is 0 Å². The molecule has 98 valence electrons. The van der Waals surface area contributed by atoms with Crippen molar-refractivity contribution in [3.63, 3.8) is 0 Å². The first-order valence-corrected chi connectivity index (χ1v) is 8.04. The van der Waals surface area contributed by atoms with Gasteiger partial charge in [-0.3, -0.25) is 11.3 Å². The third kappa shape index (κ3) is 3.27. The fourth-order valence-corrected chi connectivity index (χ4v) is 4.61. The number of hydrogen-bond donors (Lipinski definition) is 2. The normalized spacial score (nSPS) is 32.7. The van der Waals surface area contributed by atoms with Crippen LogP contribution < -0.4 is 11.3 Å². The van der Waals surface area contributed by atoms with E-state index in [9.17, 15) is 0 Å². The van der Waals surface area contributed by atoms with Gasteiger partial charge < -0.3 is 0 Å². The van der Waals surface area contributed by atoms with Gasteiger partial charge in [0.05, 0.1) is 6.04 Å². The summed E-state index contributed by atoms with van der Waals surface area (Å²) in [6.45, 7) is 2.38. The summed E-state index contributed by atoms with van der Waals surface area (Å²) >= 11 is 2.10. The lowest BCUT2D eigenvalue weighted by atomic mass is 9.86. The number of rotatable bonds is 3. The second-order valence-corrected chi connectivity index (χ2v) is 7.23. The molecule has 17 heavy (non-hydrogen) atoms. The van der Waals surface area contributed by atoms with Crippen LogP contribution in [0.4, 0.5) is 0 Å². The summed E-state index contributed by atoms with van der Waals surface area (Å²) in [5, 5.41) is 0. The van der Waals surface area contributed by atoms with E-state index >= 15 is 0 Å². The van der Waals surface area contributed by atoms with E-state index in [0.29, 0.717) is 10.8 Å². The van der Waals surface area contributed by atoms with E-state index in [-0.39, 0.29) is 0 Å². The van der Waals surface area contributed by atoms with Crippen LogP contribution in [-0.2, 0) is 0 Å². The van der Waals surface area contributed by atoms with Gasteiger partial charge in [0, 0.05) is 4.75 Å². The molecule has 1 aliphatic carbocycles. The number of thioether (sulfide) groups is 1. The summed E-state index contributed by atoms with van der Waals surface area (Å²) in [6, 6.07) is 0.382. The van der Waals surface area contributed by atoms with E-state index in [4.69, 9.17) is 5.84 Å². The van der Waals surface area contributed by atoms with E-state index in [1.807, 2.05) is 0 Å². The van der Waals surface area contributed by atoms with E-state index < -0.39 is 0 Å². The Kier molecular flexibility index (Phi) is 4.95. The first kappa shape index (κ1) is 13.4. The first-order valence-electron chi connectivity index (χ1n) is 7.05. The molecule has 2 aliphatic rings. The van der Waals surface area contributed by atoms with Gasteiger partial charge in [-0.2, -0.15) is 11.8 Å². The molecule has 1 fully saturated rings. The van der Waals surface area contributed by atoms with E-state index in [1.165, 1.54) is 57.1 Å². The Balaban J connectivity index is 2.10. The zero-order chi connectivity index (χ0) is 12.1. The summed E-state index contributed by atoms with van der Waals surface area (Å²) in [4.78, 5) is 0. The van der Waals surface area contributed by atoms with Crippen molar-refractivity contribution >= 4 is 11.8 Å². The summed E-state index contributed by atoms with van der Waals surface area (Å²) in [6.07, 6.45) is 13.1. The average molecular weight is 254 g/mol. The lowest BCUT2D eigenvalue weighted by molar-refractivity contribution is 0.434. The smallest absolute Gasteiger partial charge is 0.0564 e. The van der Waals surface area contributed by atoms with E-state index in [0.717, 1.165) is 0 Å². The minimum absolute atomic E-state index is 0.319. The molecular weight excluding hydrogens is 228 g/mol. The Hall–Kier alpha value is 0.01000. The molecule has 0 spiro atoms. The molecule has 1 aliphatic heterocycles. The molecule has 2 unspecified atom stereocenters. The molecule has 1 heterocycles. The highest BCUT2D eigenvalue weighted by molar-refractivity contribution is 8.00. The Morgan fingerprint density at radius 1 is 1.29 bits per heavy atom. The van der Waals surface area contributed by atoms with Gasteiger partial charge in [-0.05, 0) is 51.2 Å². The van der Waals surface area contributed by atoms with Crippen molar-refractivity contribution in [1.82, 2.24) is 5.43 Å². The van der Waals surface area contributed by atoms with Crippen molar-refractivity contribution in [3.8, 4) is 0 Å². The van der Waals surface area contributed by atoms with Crippen LogP contribution in [0.1, 0.15) is 58.3 Å². The van der Waals surface area contributed by atoms with Crippen LogP contribution in [0.2, 0.25) is 0 Å². The SMILES string of the molecule is CC1(C(NN)C2=CCCCCCC2)CCCS1. The van der Waals surface area contributed by atoms with Crippen LogP contribution in [0.5, 0.6) is 0 Å². The zero-order valence-corrected chi connectivity index (χ0v) is 11.8. The number of nitrogens with one attached hydrogen (secondary N) is 1. The highest BCUT2D eigenvalue weighted by atomic mass is 32.2. The van der Waals surface area contributed by atoms with E-state index in [1.54, 1.807) is 5.57 Å². The zero-order valence-electron chi connectivity index (χ0n) is 11.0. The summed E-state index contributed by atoms with van der Waals surface area (Å²) in [5.74, 6) is 7.15. The molecule has 2 nitrogen and oxygen atoms in total. The Labute approximate surface area is 110 Å². The molecule has 1 saturated heterocycles. The summed E-state index contributed by atoms with van der Waals surface area (Å²) in [7, 11) is 0. The third-order valence-electron chi connectivity index (χ3n) is 4.22. The topological polar surface area (TPSA) is 38.0 Å². The fourth-order valence-electron chi connectivity index (χ4n) is 3.18. The standard InChI is InChI=1S/C14H26N2S/c1-14(10-7-11-17-14)13(16-15)12-8-5-3-2-4-6-9-12/h8,13,16H,2-7,9-11,15H2,1H3. The lowest BCUT2D eigenvalue weighted by Crippen LogP contribution is -2.49. The number of hydrogen-bond acceptors (Lipinski definition) is 3. The predicted molar refractivity (Wildman–Crippen MR) is 77.0 cm³/mol. The van der Waals surface area contributed by atoms with Gasteiger partial charge in [0.1, 0.15) is 0 Å². The lowest BCUT2D eigenvalue weighted by Gasteiger charge is -2.35. The predicted octanol–water partition coefficient (Wildman–Crippen LogP) is 3.38. The number of nitrogens with two attached hydrogens (primary N) is 1. The molecule has 0 aromatic rings. The molecular formula is C14H26N2S. The van der Waals surface area contributed by atoms with Gasteiger partial charge in [-0.15, -0.1) is 0 Å². The van der Waals surface area contributed by atoms with Gasteiger partial charge in [-0.25, -0.2) is 0 Å². The molecule has 3 heteroatoms. The van der Waals surface area contributed by atoms with Crippen LogP contribution >= 0.6 is 11.8 Å². The van der Waals surface area contributed by atoms with Gasteiger partial charge in [-0.1, -0.05) is 24.5 Å². The molecule has 0 radical (unpaired) electrons. The van der Waals surface area contributed by atoms with Crippen LogP contribution in [0.25, 0.3) is 0 Å². The van der Waals surface area contributed by atoms with Gasteiger partial charge in [0.25, 0.3) is 0 Å². The third-order valence-corrected chi connectivity index (χ3v) is 5.82. The maximum atomic E-state index is 5.85. The maximum absolute atomic E-state index is 5.85. The highest BCUT2D eigenvalue weighted by Gasteiger charge is 2.38. The molecule has 0 saturated carbocycles. The maximum Gasteiger partial charge on any atom is 0.0564 e. The Bertz CT molecular complexity index is 269. The van der Waals surface area contributed by atoms with Crippen LogP contribution in [0, 0.1) is 0 Å². The minimum atomic E-state index is 0.319. The monoisotopic (exact) mass is 254 g/mol. The van der Waals surface area contributed by atoms with Crippen LogP contribution in [0.3, 0.4) is 0 Å². The van der Waals surface area contributed by atoms with Crippen molar-refractivity contribution in [2.45, 2.75) is 69.1 Å². The summed E-state index contributed by atoms with van der Waals surface area (Å²) < 4.78 is 0.319. The van der Waals surface area contributed by atoms with Crippen molar-refractivity contribution in [2.75, 3.05) is 5.75 Å². The first-order chi connectivity index (χ1) is 8.26. The fraction of sp³-hybridized carbons (Fsp3) is 0.857. The largest absolute Gasteiger partial charge is 0.271 e. The average Bonchev–Trinajstić information content (AvgIpc) is 2.70.